The smallest absolute Gasteiger partial charge is 0.236 e. The Kier molecular flexibility index (Phi) is 4.83. The minimum absolute atomic E-state index is 0.0838. The molecule has 0 saturated carbocycles. The van der Waals surface area contributed by atoms with E-state index in [9.17, 15) is 4.79 Å². The molecule has 1 N–H and O–H groups in total. The van der Waals surface area contributed by atoms with Gasteiger partial charge in [-0.2, -0.15) is 0 Å². The predicted octanol–water partition coefficient (Wildman–Crippen LogP) is 4.56. The fourth-order valence-corrected chi connectivity index (χ4v) is 4.04. The zero-order chi connectivity index (χ0) is 16.3. The van der Waals surface area contributed by atoms with Gasteiger partial charge >= 0.3 is 0 Å². The van der Waals surface area contributed by atoms with Gasteiger partial charge in [0.2, 0.25) is 5.91 Å². The van der Waals surface area contributed by atoms with Crippen molar-refractivity contribution in [2.24, 2.45) is 0 Å². The highest BCUT2D eigenvalue weighted by atomic mass is 32.1. The van der Waals surface area contributed by atoms with E-state index in [1.807, 2.05) is 23.6 Å². The van der Waals surface area contributed by atoms with Crippen LogP contribution in [0.25, 0.3) is 0 Å². The minimum Gasteiger partial charge on any atom is -0.381 e. The number of ether oxygens (including phenoxy) is 1. The van der Waals surface area contributed by atoms with Crippen LogP contribution >= 0.6 is 11.3 Å². The summed E-state index contributed by atoms with van der Waals surface area (Å²) in [5, 5.41) is 5.16. The molecule has 1 amide bonds. The normalized spacial score (nSPS) is 17.2. The summed E-state index contributed by atoms with van der Waals surface area (Å²) in [6.45, 7) is 5.61. The van der Waals surface area contributed by atoms with Crippen LogP contribution in [-0.4, -0.2) is 19.1 Å². The zero-order valence-corrected chi connectivity index (χ0v) is 14.5. The van der Waals surface area contributed by atoms with Crippen molar-refractivity contribution in [3.8, 4) is 0 Å². The second kappa shape index (κ2) is 6.85. The van der Waals surface area contributed by atoms with Gasteiger partial charge in [-0.25, -0.2) is 0 Å². The lowest BCUT2D eigenvalue weighted by Crippen LogP contribution is -2.44. The maximum absolute atomic E-state index is 13.0. The van der Waals surface area contributed by atoms with Crippen molar-refractivity contribution in [1.82, 2.24) is 0 Å². The number of benzene rings is 1. The van der Waals surface area contributed by atoms with Crippen molar-refractivity contribution >= 4 is 22.9 Å². The monoisotopic (exact) mass is 329 g/mol. The summed E-state index contributed by atoms with van der Waals surface area (Å²) in [7, 11) is 0. The molecule has 3 nitrogen and oxygen atoms in total. The fourth-order valence-electron chi connectivity index (χ4n) is 3.06. The van der Waals surface area contributed by atoms with Gasteiger partial charge in [0, 0.05) is 23.8 Å². The van der Waals surface area contributed by atoms with Crippen LogP contribution in [0.2, 0.25) is 0 Å². The highest BCUT2D eigenvalue weighted by Crippen LogP contribution is 2.38. The van der Waals surface area contributed by atoms with Crippen molar-refractivity contribution in [3.05, 3.63) is 52.2 Å². The van der Waals surface area contributed by atoms with E-state index < -0.39 is 5.41 Å². The standard InChI is InChI=1S/C19H23NO2S/c1-14(2)15-5-7-16(8-6-15)20-18(21)19(9-11-22-12-10-19)17-4-3-13-23-17/h3-8,13-14H,9-12H2,1-2H3,(H,20,21). The summed E-state index contributed by atoms with van der Waals surface area (Å²) in [4.78, 5) is 14.2. The van der Waals surface area contributed by atoms with E-state index in [0.717, 1.165) is 23.4 Å². The Bertz CT molecular complexity index is 641. The van der Waals surface area contributed by atoms with Crippen LogP contribution in [0.1, 0.15) is 43.0 Å². The van der Waals surface area contributed by atoms with Gasteiger partial charge in [0.25, 0.3) is 0 Å². The molecule has 1 aliphatic rings. The Morgan fingerprint density at radius 2 is 1.87 bits per heavy atom. The predicted molar refractivity (Wildman–Crippen MR) is 95.2 cm³/mol. The Morgan fingerprint density at radius 1 is 1.17 bits per heavy atom. The maximum atomic E-state index is 13.0. The number of hydrogen-bond acceptors (Lipinski definition) is 3. The average molecular weight is 329 g/mol. The molecule has 1 aliphatic heterocycles. The first-order chi connectivity index (χ1) is 11.1. The number of anilines is 1. The summed E-state index contributed by atoms with van der Waals surface area (Å²) in [5.41, 5.74) is 1.69. The van der Waals surface area contributed by atoms with E-state index in [0.29, 0.717) is 19.1 Å². The molecule has 2 aromatic rings. The van der Waals surface area contributed by atoms with E-state index in [1.54, 1.807) is 11.3 Å². The summed E-state index contributed by atoms with van der Waals surface area (Å²) in [6.07, 6.45) is 1.48. The van der Waals surface area contributed by atoms with E-state index >= 15 is 0 Å². The van der Waals surface area contributed by atoms with Crippen molar-refractivity contribution in [1.29, 1.82) is 0 Å². The molecule has 0 atom stereocenters. The van der Waals surface area contributed by atoms with Crippen molar-refractivity contribution < 1.29 is 9.53 Å². The van der Waals surface area contributed by atoms with Crippen LogP contribution in [0.4, 0.5) is 5.69 Å². The first-order valence-electron chi connectivity index (χ1n) is 8.15. The number of amides is 1. The molecule has 1 fully saturated rings. The quantitative estimate of drug-likeness (QED) is 0.893. The molecule has 23 heavy (non-hydrogen) atoms. The number of rotatable bonds is 4. The van der Waals surface area contributed by atoms with Gasteiger partial charge in [-0.3, -0.25) is 4.79 Å². The van der Waals surface area contributed by atoms with E-state index in [-0.39, 0.29) is 5.91 Å². The molecule has 122 valence electrons. The fraction of sp³-hybridized carbons (Fsp3) is 0.421. The molecule has 0 unspecified atom stereocenters. The molecule has 1 saturated heterocycles. The third-order valence-corrected chi connectivity index (χ3v) is 5.68. The van der Waals surface area contributed by atoms with Crippen molar-refractivity contribution in [3.63, 3.8) is 0 Å². The van der Waals surface area contributed by atoms with Crippen LogP contribution in [-0.2, 0) is 14.9 Å². The number of thiophene rings is 1. The van der Waals surface area contributed by atoms with Gasteiger partial charge in [-0.15, -0.1) is 11.3 Å². The molecular formula is C19H23NO2S. The first-order valence-corrected chi connectivity index (χ1v) is 9.03. The lowest BCUT2D eigenvalue weighted by atomic mass is 9.78. The summed E-state index contributed by atoms with van der Waals surface area (Å²) < 4.78 is 5.49. The third-order valence-electron chi connectivity index (χ3n) is 4.61. The Balaban J connectivity index is 1.81. The van der Waals surface area contributed by atoms with E-state index in [4.69, 9.17) is 4.74 Å². The highest BCUT2D eigenvalue weighted by Gasteiger charge is 2.42. The average Bonchev–Trinajstić information content (AvgIpc) is 3.11. The molecular weight excluding hydrogens is 306 g/mol. The molecule has 4 heteroatoms. The molecule has 0 bridgehead atoms. The maximum Gasteiger partial charge on any atom is 0.236 e. The number of carbonyl (C=O) groups excluding carboxylic acids is 1. The van der Waals surface area contributed by atoms with Gasteiger partial charge in [0.1, 0.15) is 0 Å². The van der Waals surface area contributed by atoms with Crippen molar-refractivity contribution in [2.45, 2.75) is 38.0 Å². The largest absolute Gasteiger partial charge is 0.381 e. The number of carbonyl (C=O) groups is 1. The van der Waals surface area contributed by atoms with Gasteiger partial charge in [-0.1, -0.05) is 32.0 Å². The molecule has 2 heterocycles. The number of nitrogens with one attached hydrogen (secondary N) is 1. The van der Waals surface area contributed by atoms with Crippen LogP contribution < -0.4 is 5.32 Å². The van der Waals surface area contributed by atoms with E-state index in [1.165, 1.54) is 5.56 Å². The van der Waals surface area contributed by atoms with E-state index in [2.05, 4.69) is 37.4 Å². The Labute approximate surface area is 141 Å². The molecule has 0 aliphatic carbocycles. The second-order valence-corrected chi connectivity index (χ2v) is 7.35. The first kappa shape index (κ1) is 16.2. The minimum atomic E-state index is -0.455. The van der Waals surface area contributed by atoms with Crippen LogP contribution in [0.3, 0.4) is 0 Å². The Morgan fingerprint density at radius 3 is 2.43 bits per heavy atom. The number of hydrogen-bond donors (Lipinski definition) is 1. The molecule has 1 aromatic heterocycles. The summed E-state index contributed by atoms with van der Waals surface area (Å²) in [5.74, 6) is 0.577. The molecule has 3 rings (SSSR count). The zero-order valence-electron chi connectivity index (χ0n) is 13.7. The van der Waals surface area contributed by atoms with Crippen LogP contribution in [0.15, 0.2) is 41.8 Å². The summed E-state index contributed by atoms with van der Waals surface area (Å²) in [6, 6.07) is 12.2. The molecule has 1 aromatic carbocycles. The molecule has 0 spiro atoms. The van der Waals surface area contributed by atoms with Crippen molar-refractivity contribution in [2.75, 3.05) is 18.5 Å². The van der Waals surface area contributed by atoms with Gasteiger partial charge in [-0.05, 0) is 47.9 Å². The topological polar surface area (TPSA) is 38.3 Å². The van der Waals surface area contributed by atoms with Crippen LogP contribution in [0.5, 0.6) is 0 Å². The lowest BCUT2D eigenvalue weighted by molar-refractivity contribution is -0.125. The van der Waals surface area contributed by atoms with Gasteiger partial charge < -0.3 is 10.1 Å². The second-order valence-electron chi connectivity index (χ2n) is 6.40. The SMILES string of the molecule is CC(C)c1ccc(NC(=O)C2(c3cccs3)CCOCC2)cc1. The highest BCUT2D eigenvalue weighted by molar-refractivity contribution is 7.10. The third kappa shape index (κ3) is 3.33. The van der Waals surface area contributed by atoms with Gasteiger partial charge in [0.05, 0.1) is 5.41 Å². The Hall–Kier alpha value is -1.65. The molecule has 0 radical (unpaired) electrons. The summed E-state index contributed by atoms with van der Waals surface area (Å²) >= 11 is 1.66. The van der Waals surface area contributed by atoms with Crippen LogP contribution in [0, 0.1) is 0 Å². The van der Waals surface area contributed by atoms with Gasteiger partial charge in [0.15, 0.2) is 0 Å². The lowest BCUT2D eigenvalue weighted by Gasteiger charge is -2.35.